The summed E-state index contributed by atoms with van der Waals surface area (Å²) in [5, 5.41) is 2.56. The lowest BCUT2D eigenvalue weighted by Crippen LogP contribution is -2.29. The molecule has 134 valence electrons. The largest absolute Gasteiger partial charge is 0.495 e. The molecule has 2 N–H and O–H groups in total. The van der Waals surface area contributed by atoms with Gasteiger partial charge >= 0.3 is 0 Å². The highest BCUT2D eigenvalue weighted by molar-refractivity contribution is 7.89. The third-order valence-corrected chi connectivity index (χ3v) is 4.35. The monoisotopic (exact) mass is 368 g/mol. The lowest BCUT2D eigenvalue weighted by molar-refractivity contribution is -0.121. The number of ether oxygens (including phenoxy) is 1. The topological polar surface area (TPSA) is 93.7 Å². The van der Waals surface area contributed by atoms with E-state index in [9.17, 15) is 17.6 Å². The molecule has 7 nitrogen and oxygen atoms in total. The molecule has 0 atom stereocenters. The quantitative estimate of drug-likeness (QED) is 0.729. The number of carbonyl (C=O) groups is 1. The average Bonchev–Trinajstić information content (AvgIpc) is 2.55. The van der Waals surface area contributed by atoms with Crippen molar-refractivity contribution < 1.29 is 27.2 Å². The standard InChI is InChI=1S/C16H17FN2O5S/c1-11-3-8-15(23-2)14(9-11)18-16(20)10-24-19-25(21,22)13-6-4-12(17)5-7-13/h3-9,19H,10H2,1-2H3,(H,18,20). The van der Waals surface area contributed by atoms with E-state index in [2.05, 4.69) is 5.32 Å². The van der Waals surface area contributed by atoms with Crippen molar-refractivity contribution in [3.05, 3.63) is 53.8 Å². The van der Waals surface area contributed by atoms with Gasteiger partial charge in [0.2, 0.25) is 0 Å². The zero-order valence-electron chi connectivity index (χ0n) is 13.6. The Labute approximate surface area is 144 Å². The van der Waals surface area contributed by atoms with E-state index in [4.69, 9.17) is 9.57 Å². The molecule has 9 heteroatoms. The molecule has 25 heavy (non-hydrogen) atoms. The van der Waals surface area contributed by atoms with Gasteiger partial charge in [-0.1, -0.05) is 11.0 Å². The fraction of sp³-hybridized carbons (Fsp3) is 0.188. The van der Waals surface area contributed by atoms with Gasteiger partial charge in [0.05, 0.1) is 17.7 Å². The Morgan fingerprint density at radius 1 is 1.16 bits per heavy atom. The van der Waals surface area contributed by atoms with Crippen molar-refractivity contribution in [2.45, 2.75) is 11.8 Å². The van der Waals surface area contributed by atoms with E-state index < -0.39 is 28.4 Å². The summed E-state index contributed by atoms with van der Waals surface area (Å²) in [4.78, 5) is 18.2. The maximum Gasteiger partial charge on any atom is 0.262 e. The summed E-state index contributed by atoms with van der Waals surface area (Å²) >= 11 is 0. The normalized spacial score (nSPS) is 11.2. The average molecular weight is 368 g/mol. The fourth-order valence-corrected chi connectivity index (χ4v) is 2.74. The highest BCUT2D eigenvalue weighted by atomic mass is 32.2. The molecule has 0 aliphatic rings. The summed E-state index contributed by atoms with van der Waals surface area (Å²) < 4.78 is 41.8. The van der Waals surface area contributed by atoms with Gasteiger partial charge in [-0.15, -0.1) is 0 Å². The lowest BCUT2D eigenvalue weighted by atomic mass is 10.2. The van der Waals surface area contributed by atoms with Gasteiger partial charge in [-0.05, 0) is 48.9 Å². The Hall–Kier alpha value is -2.49. The van der Waals surface area contributed by atoms with Crippen LogP contribution in [-0.4, -0.2) is 28.0 Å². The first kappa shape index (κ1) is 18.8. The number of amides is 1. The molecule has 0 heterocycles. The van der Waals surface area contributed by atoms with Gasteiger partial charge in [0.25, 0.3) is 15.9 Å². The third kappa shape index (κ3) is 5.24. The van der Waals surface area contributed by atoms with Gasteiger partial charge in [-0.2, -0.15) is 0 Å². The molecule has 0 radical (unpaired) electrons. The molecule has 2 aromatic rings. The van der Waals surface area contributed by atoms with Crippen LogP contribution in [0.15, 0.2) is 47.4 Å². The minimum Gasteiger partial charge on any atom is -0.495 e. The lowest BCUT2D eigenvalue weighted by Gasteiger charge is -2.11. The molecular formula is C16H17FN2O5S. The molecule has 0 aromatic heterocycles. The van der Waals surface area contributed by atoms with Crippen LogP contribution >= 0.6 is 0 Å². The Morgan fingerprint density at radius 3 is 2.48 bits per heavy atom. The number of carbonyl (C=O) groups excluding carboxylic acids is 1. The molecule has 0 saturated carbocycles. The number of hydrogen-bond donors (Lipinski definition) is 2. The fourth-order valence-electron chi connectivity index (χ4n) is 1.94. The molecule has 0 aliphatic carbocycles. The highest BCUT2D eigenvalue weighted by Crippen LogP contribution is 2.25. The summed E-state index contributed by atoms with van der Waals surface area (Å²) in [5.41, 5.74) is 1.35. The van der Waals surface area contributed by atoms with Gasteiger partial charge in [-0.3, -0.25) is 9.63 Å². The first-order valence-electron chi connectivity index (χ1n) is 7.15. The molecule has 0 aliphatic heterocycles. The van der Waals surface area contributed by atoms with Crippen molar-refractivity contribution in [3.8, 4) is 5.75 Å². The van der Waals surface area contributed by atoms with Crippen molar-refractivity contribution in [1.29, 1.82) is 0 Å². The highest BCUT2D eigenvalue weighted by Gasteiger charge is 2.15. The molecule has 2 rings (SSSR count). The van der Waals surface area contributed by atoms with E-state index in [-0.39, 0.29) is 4.90 Å². The van der Waals surface area contributed by atoms with Crippen molar-refractivity contribution in [2.75, 3.05) is 19.0 Å². The molecule has 0 spiro atoms. The van der Waals surface area contributed by atoms with E-state index in [0.717, 1.165) is 29.8 Å². The predicted octanol–water partition coefficient (Wildman–Crippen LogP) is 1.99. The van der Waals surface area contributed by atoms with E-state index in [0.29, 0.717) is 11.4 Å². The molecule has 1 amide bonds. The second-order valence-electron chi connectivity index (χ2n) is 5.08. The second-order valence-corrected chi connectivity index (χ2v) is 6.73. The number of hydrogen-bond acceptors (Lipinski definition) is 5. The van der Waals surface area contributed by atoms with Crippen LogP contribution in [0.25, 0.3) is 0 Å². The number of halogens is 1. The second kappa shape index (κ2) is 8.06. The minimum atomic E-state index is -4.01. The van der Waals surface area contributed by atoms with E-state index in [1.807, 2.05) is 17.9 Å². The van der Waals surface area contributed by atoms with Crippen molar-refractivity contribution in [3.63, 3.8) is 0 Å². The van der Waals surface area contributed by atoms with Crippen molar-refractivity contribution >= 4 is 21.6 Å². The summed E-state index contributed by atoms with van der Waals surface area (Å²) in [7, 11) is -2.54. The van der Waals surface area contributed by atoms with Crippen LogP contribution < -0.4 is 14.9 Å². The molecular weight excluding hydrogens is 351 g/mol. The SMILES string of the molecule is COc1ccc(C)cc1NC(=O)CONS(=O)(=O)c1ccc(F)cc1. The van der Waals surface area contributed by atoms with Crippen LogP contribution in [0.1, 0.15) is 5.56 Å². The summed E-state index contributed by atoms with van der Waals surface area (Å²) in [6.07, 6.45) is 0. The number of benzene rings is 2. The zero-order valence-corrected chi connectivity index (χ0v) is 14.4. The van der Waals surface area contributed by atoms with Gasteiger partial charge in [0, 0.05) is 0 Å². The summed E-state index contributed by atoms with van der Waals surface area (Å²) in [6.45, 7) is 1.29. The van der Waals surface area contributed by atoms with Gasteiger partial charge < -0.3 is 10.1 Å². The zero-order chi connectivity index (χ0) is 18.4. The maximum absolute atomic E-state index is 12.8. The molecule has 2 aromatic carbocycles. The summed E-state index contributed by atoms with van der Waals surface area (Å²) in [6, 6.07) is 9.40. The number of nitrogens with one attached hydrogen (secondary N) is 2. The van der Waals surface area contributed by atoms with E-state index >= 15 is 0 Å². The van der Waals surface area contributed by atoms with Gasteiger partial charge in [-0.25, -0.2) is 12.8 Å². The van der Waals surface area contributed by atoms with Crippen LogP contribution in [-0.2, 0) is 19.7 Å². The van der Waals surface area contributed by atoms with E-state index in [1.54, 1.807) is 12.1 Å². The molecule has 0 bridgehead atoms. The maximum atomic E-state index is 12.8. The first-order valence-corrected chi connectivity index (χ1v) is 8.64. The predicted molar refractivity (Wildman–Crippen MR) is 89.0 cm³/mol. The first-order chi connectivity index (χ1) is 11.8. The Kier molecular flexibility index (Phi) is 6.07. The van der Waals surface area contributed by atoms with Crippen LogP contribution in [0, 0.1) is 12.7 Å². The Bertz CT molecular complexity index is 853. The third-order valence-electron chi connectivity index (χ3n) is 3.12. The Balaban J connectivity index is 1.92. The van der Waals surface area contributed by atoms with Crippen molar-refractivity contribution in [2.24, 2.45) is 0 Å². The minimum absolute atomic E-state index is 0.185. The smallest absolute Gasteiger partial charge is 0.262 e. The number of rotatable bonds is 7. The number of methoxy groups -OCH3 is 1. The number of sulfonamides is 1. The van der Waals surface area contributed by atoms with Gasteiger partial charge in [0.1, 0.15) is 18.2 Å². The van der Waals surface area contributed by atoms with Crippen LogP contribution in [0.2, 0.25) is 0 Å². The molecule has 0 saturated heterocycles. The number of aryl methyl sites for hydroxylation is 1. The number of anilines is 1. The summed E-state index contributed by atoms with van der Waals surface area (Å²) in [5.74, 6) is -0.678. The molecule has 0 fully saturated rings. The molecule has 0 unspecified atom stereocenters. The van der Waals surface area contributed by atoms with Crippen molar-refractivity contribution in [1.82, 2.24) is 4.89 Å². The van der Waals surface area contributed by atoms with Crippen LogP contribution in [0.5, 0.6) is 5.75 Å². The Morgan fingerprint density at radius 2 is 1.84 bits per heavy atom. The van der Waals surface area contributed by atoms with Crippen LogP contribution in [0.3, 0.4) is 0 Å². The van der Waals surface area contributed by atoms with Crippen LogP contribution in [0.4, 0.5) is 10.1 Å². The van der Waals surface area contributed by atoms with E-state index in [1.165, 1.54) is 7.11 Å². The van der Waals surface area contributed by atoms with Gasteiger partial charge in [0.15, 0.2) is 0 Å².